The second kappa shape index (κ2) is 18.6. The summed E-state index contributed by atoms with van der Waals surface area (Å²) < 4.78 is 54.5. The van der Waals surface area contributed by atoms with E-state index in [4.69, 9.17) is 0 Å². The van der Waals surface area contributed by atoms with Crippen molar-refractivity contribution in [1.29, 1.82) is 0 Å². The number of imidazole rings is 2. The standard InChI is InChI=1S/C21H26F2N4O2.C21H22F2N4O2/c2*22-20(23)16-5-6-19-25-18(13-27(19)11-16)21(29)24-9-17(28)12-26-8-7-14-3-1-2-4-15(14)10-26/h1-4,13,16-17,20,28H,5-12H2,(H,24,29);1-6,11,13,17,20,28H,7-10,12H2,(H,24,29)/t16?,17-;17-/m00/s1. The van der Waals surface area contributed by atoms with Gasteiger partial charge in [0, 0.05) is 95.4 Å². The molecule has 1 unspecified atom stereocenters. The molecule has 0 saturated heterocycles. The second-order valence-corrected chi connectivity index (χ2v) is 15.2. The van der Waals surface area contributed by atoms with Crippen molar-refractivity contribution in [2.24, 2.45) is 5.92 Å². The quantitative estimate of drug-likeness (QED) is 0.137. The number of nitrogens with zero attached hydrogens (tertiary/aromatic N) is 6. The second-order valence-electron chi connectivity index (χ2n) is 15.2. The number of aromatic nitrogens is 4. The highest BCUT2D eigenvalue weighted by atomic mass is 19.3. The van der Waals surface area contributed by atoms with Gasteiger partial charge in [-0.25, -0.2) is 27.5 Å². The highest BCUT2D eigenvalue weighted by Gasteiger charge is 2.28. The van der Waals surface area contributed by atoms with Gasteiger partial charge >= 0.3 is 0 Å². The summed E-state index contributed by atoms with van der Waals surface area (Å²) >= 11 is 0. The van der Waals surface area contributed by atoms with Crippen molar-refractivity contribution in [3.05, 3.63) is 124 Å². The first-order valence-electron chi connectivity index (χ1n) is 19.6. The molecule has 0 radical (unpaired) electrons. The maximum atomic E-state index is 12.9. The number of hydrogen-bond acceptors (Lipinski definition) is 8. The number of benzene rings is 2. The highest BCUT2D eigenvalue weighted by Crippen LogP contribution is 2.25. The number of carbonyl (C=O) groups excluding carboxylic acids is 2. The van der Waals surface area contributed by atoms with Crippen molar-refractivity contribution < 1.29 is 37.4 Å². The Balaban J connectivity index is 0.000000177. The van der Waals surface area contributed by atoms with E-state index >= 15 is 0 Å². The largest absolute Gasteiger partial charge is 0.390 e. The van der Waals surface area contributed by atoms with Gasteiger partial charge in [-0.05, 0) is 53.6 Å². The number of pyridine rings is 1. The summed E-state index contributed by atoms with van der Waals surface area (Å²) in [6, 6.07) is 19.3. The fourth-order valence-electron chi connectivity index (χ4n) is 7.78. The summed E-state index contributed by atoms with van der Waals surface area (Å²) in [5.74, 6) is -0.859. The Bertz CT molecular complexity index is 2200. The number of β-amino-alcohol motifs (C(OH)–C–C–N with tert-alkyl or cyclic N) is 2. The minimum atomic E-state index is -2.59. The van der Waals surface area contributed by atoms with E-state index in [1.807, 2.05) is 24.3 Å². The van der Waals surface area contributed by atoms with E-state index in [0.29, 0.717) is 37.4 Å². The maximum absolute atomic E-state index is 12.9. The number of halogens is 4. The van der Waals surface area contributed by atoms with Crippen LogP contribution < -0.4 is 10.6 Å². The molecule has 3 aromatic heterocycles. The van der Waals surface area contributed by atoms with E-state index in [1.54, 1.807) is 4.57 Å². The molecule has 0 bridgehead atoms. The van der Waals surface area contributed by atoms with Crippen LogP contribution in [0.5, 0.6) is 0 Å². The van der Waals surface area contributed by atoms with Crippen LogP contribution in [0.2, 0.25) is 0 Å². The lowest BCUT2D eigenvalue weighted by Gasteiger charge is -2.30. The van der Waals surface area contributed by atoms with Gasteiger partial charge in [-0.15, -0.1) is 0 Å². The molecule has 2 aromatic carbocycles. The number of aryl methyl sites for hydroxylation is 1. The Kier molecular flexibility index (Phi) is 13.2. The molecular formula is C42H48F4N8O4. The molecule has 308 valence electrons. The number of carbonyl (C=O) groups is 2. The Morgan fingerprint density at radius 2 is 1.26 bits per heavy atom. The first-order valence-corrected chi connectivity index (χ1v) is 19.6. The fourth-order valence-corrected chi connectivity index (χ4v) is 7.78. The predicted octanol–water partition coefficient (Wildman–Crippen LogP) is 4.28. The molecule has 3 aliphatic heterocycles. The molecule has 2 amide bonds. The lowest BCUT2D eigenvalue weighted by molar-refractivity contribution is 0.0560. The van der Waals surface area contributed by atoms with E-state index in [0.717, 1.165) is 39.0 Å². The number of nitrogens with one attached hydrogen (secondary N) is 2. The third kappa shape index (κ3) is 10.3. The lowest BCUT2D eigenvalue weighted by atomic mass is 10.00. The normalized spacial score (nSPS) is 17.8. The van der Waals surface area contributed by atoms with Crippen LogP contribution in [-0.2, 0) is 38.9 Å². The van der Waals surface area contributed by atoms with Crippen LogP contribution in [0.15, 0.2) is 79.3 Å². The number of amides is 2. The molecule has 6 heterocycles. The third-order valence-electron chi connectivity index (χ3n) is 10.9. The van der Waals surface area contributed by atoms with Gasteiger partial charge in [0.15, 0.2) is 0 Å². The monoisotopic (exact) mass is 804 g/mol. The van der Waals surface area contributed by atoms with Gasteiger partial charge in [0.1, 0.15) is 22.9 Å². The summed E-state index contributed by atoms with van der Waals surface area (Å²) in [6.45, 7) is 4.64. The smallest absolute Gasteiger partial charge is 0.271 e. The van der Waals surface area contributed by atoms with E-state index < -0.39 is 36.9 Å². The molecule has 0 spiro atoms. The van der Waals surface area contributed by atoms with Crippen LogP contribution in [0.4, 0.5) is 17.6 Å². The summed E-state index contributed by atoms with van der Waals surface area (Å²) in [5, 5.41) is 26.0. The summed E-state index contributed by atoms with van der Waals surface area (Å²) in [4.78, 5) is 37.5. The average molecular weight is 805 g/mol. The molecule has 16 heteroatoms. The van der Waals surface area contributed by atoms with Crippen LogP contribution in [0.1, 0.15) is 67.5 Å². The molecular weight excluding hydrogens is 757 g/mol. The van der Waals surface area contributed by atoms with E-state index in [2.05, 4.69) is 54.7 Å². The first-order chi connectivity index (χ1) is 28.0. The fraction of sp³-hybridized carbons (Fsp3) is 0.429. The Morgan fingerprint density at radius 3 is 1.81 bits per heavy atom. The minimum absolute atomic E-state index is 0.0904. The predicted molar refractivity (Wildman–Crippen MR) is 208 cm³/mol. The van der Waals surface area contributed by atoms with Crippen molar-refractivity contribution in [2.75, 3.05) is 39.3 Å². The molecule has 12 nitrogen and oxygen atoms in total. The number of hydrogen-bond donors (Lipinski definition) is 4. The van der Waals surface area contributed by atoms with Gasteiger partial charge in [-0.2, -0.15) is 0 Å². The Morgan fingerprint density at radius 1 is 0.707 bits per heavy atom. The van der Waals surface area contributed by atoms with Crippen molar-refractivity contribution in [3.8, 4) is 0 Å². The molecule has 0 fully saturated rings. The van der Waals surface area contributed by atoms with Gasteiger partial charge < -0.3 is 29.8 Å². The number of fused-ring (bicyclic) bond motifs is 4. The number of rotatable bonds is 12. The van der Waals surface area contributed by atoms with Gasteiger partial charge in [0.25, 0.3) is 18.2 Å². The van der Waals surface area contributed by atoms with Gasteiger partial charge in [-0.3, -0.25) is 19.4 Å². The zero-order chi connectivity index (χ0) is 40.8. The topological polar surface area (TPSA) is 140 Å². The third-order valence-corrected chi connectivity index (χ3v) is 10.9. The first kappa shape index (κ1) is 41.0. The van der Waals surface area contributed by atoms with Crippen molar-refractivity contribution in [1.82, 2.24) is 39.4 Å². The van der Waals surface area contributed by atoms with Crippen LogP contribution in [0, 0.1) is 5.92 Å². The van der Waals surface area contributed by atoms with Crippen LogP contribution >= 0.6 is 0 Å². The lowest BCUT2D eigenvalue weighted by Crippen LogP contribution is -2.42. The Hall–Kier alpha value is -5.16. The number of aliphatic hydroxyl groups excluding tert-OH is 2. The van der Waals surface area contributed by atoms with Crippen LogP contribution in [-0.4, -0.2) is 109 Å². The SMILES string of the molecule is O=C(NC[C@H](O)CN1CCc2ccccc2C1)c1cn2c(n1)CCC(C(F)F)C2.O=C(NC[C@H](O)CN1CCc2ccccc2C1)c1cn2cc(C(F)F)ccc2n1. The minimum Gasteiger partial charge on any atom is -0.390 e. The van der Waals surface area contributed by atoms with Crippen molar-refractivity contribution >= 4 is 17.5 Å². The van der Waals surface area contributed by atoms with E-state index in [-0.39, 0.29) is 42.5 Å². The Labute approximate surface area is 333 Å². The van der Waals surface area contributed by atoms with Crippen molar-refractivity contribution in [3.63, 3.8) is 0 Å². The molecule has 5 aromatic rings. The number of alkyl halides is 4. The van der Waals surface area contributed by atoms with E-state index in [9.17, 15) is 37.4 Å². The highest BCUT2D eigenvalue weighted by molar-refractivity contribution is 5.93. The zero-order valence-electron chi connectivity index (χ0n) is 32.0. The molecule has 0 saturated carbocycles. The van der Waals surface area contributed by atoms with Gasteiger partial charge in [0.05, 0.1) is 12.2 Å². The number of aliphatic hydroxyl groups is 2. The average Bonchev–Trinajstić information content (AvgIpc) is 3.86. The zero-order valence-corrected chi connectivity index (χ0v) is 32.0. The maximum Gasteiger partial charge on any atom is 0.271 e. The van der Waals surface area contributed by atoms with Crippen molar-refractivity contribution in [2.45, 2.75) is 70.4 Å². The summed E-state index contributed by atoms with van der Waals surface area (Å²) in [6.07, 6.45) is 0.567. The van der Waals surface area contributed by atoms with Gasteiger partial charge in [0.2, 0.25) is 6.43 Å². The molecule has 4 N–H and O–H groups in total. The molecule has 0 aliphatic carbocycles. The summed E-state index contributed by atoms with van der Waals surface area (Å²) in [5.41, 5.74) is 5.85. The molecule has 8 rings (SSSR count). The molecule has 3 atom stereocenters. The van der Waals surface area contributed by atoms with Crippen LogP contribution in [0.25, 0.3) is 5.65 Å². The van der Waals surface area contributed by atoms with Gasteiger partial charge in [-0.1, -0.05) is 48.5 Å². The summed E-state index contributed by atoms with van der Waals surface area (Å²) in [7, 11) is 0. The van der Waals surface area contributed by atoms with E-state index in [1.165, 1.54) is 57.4 Å². The molecule has 58 heavy (non-hydrogen) atoms. The molecule has 3 aliphatic rings. The van der Waals surface area contributed by atoms with Crippen LogP contribution in [0.3, 0.4) is 0 Å².